The zero-order chi connectivity index (χ0) is 39.9. The molecule has 1 fully saturated rings. The van der Waals surface area contributed by atoms with Gasteiger partial charge >= 0.3 is 0 Å². The summed E-state index contributed by atoms with van der Waals surface area (Å²) >= 11 is 0. The van der Waals surface area contributed by atoms with Gasteiger partial charge in [-0.25, -0.2) is 24.9 Å². The van der Waals surface area contributed by atoms with Crippen molar-refractivity contribution in [3.63, 3.8) is 0 Å². The number of benzene rings is 6. The molecule has 0 aliphatic heterocycles. The van der Waals surface area contributed by atoms with Gasteiger partial charge in [0.05, 0.1) is 11.4 Å². The summed E-state index contributed by atoms with van der Waals surface area (Å²) in [4.78, 5) is 25.3. The van der Waals surface area contributed by atoms with Crippen LogP contribution in [-0.4, -0.2) is 24.9 Å². The molecule has 5 heteroatoms. The fraction of sp³-hybridized carbons (Fsp3) is 0.145. The number of allylic oxidation sites excluding steroid dienone is 4. The third kappa shape index (κ3) is 6.57. The van der Waals surface area contributed by atoms with Crippen molar-refractivity contribution in [1.82, 2.24) is 24.9 Å². The standard InChI is InChI=1S/C55H43N5/c1-5-16-39(17-6-1)51-56-49(38-28-26-37(27-29-38)42-30-31-46-45-24-11-12-25-47(45)55(48(46)35-42)32-13-4-14-33-55)36-50(57-51)43-22-15-23-44(34-43)54-59-52(40-18-7-2-8-19-40)58-53(60-54)41-20-9-3-10-21-41/h1-3,5-9,11-12,15-20,22-31,34-36H,4,10,13-14,21,32-33H2. The highest BCUT2D eigenvalue weighted by molar-refractivity contribution is 5.85. The van der Waals surface area contributed by atoms with E-state index >= 15 is 0 Å². The molecular weight excluding hydrogens is 731 g/mol. The average Bonchev–Trinajstić information content (AvgIpc) is 3.60. The molecule has 0 bridgehead atoms. The van der Waals surface area contributed by atoms with E-state index in [1.807, 2.05) is 48.5 Å². The molecule has 6 aromatic carbocycles. The lowest BCUT2D eigenvalue weighted by Crippen LogP contribution is -2.28. The van der Waals surface area contributed by atoms with Crippen molar-refractivity contribution in [2.24, 2.45) is 0 Å². The van der Waals surface area contributed by atoms with Crippen LogP contribution in [0, 0.1) is 0 Å². The van der Waals surface area contributed by atoms with E-state index in [1.54, 1.807) is 0 Å². The molecule has 0 atom stereocenters. The van der Waals surface area contributed by atoms with Gasteiger partial charge in [-0.3, -0.25) is 0 Å². The molecule has 8 aromatic rings. The second kappa shape index (κ2) is 15.2. The van der Waals surface area contributed by atoms with Crippen LogP contribution in [0.25, 0.3) is 84.5 Å². The molecular formula is C55H43N5. The Morgan fingerprint density at radius 2 is 0.967 bits per heavy atom. The molecule has 288 valence electrons. The van der Waals surface area contributed by atoms with E-state index in [2.05, 4.69) is 127 Å². The van der Waals surface area contributed by atoms with Gasteiger partial charge in [0.15, 0.2) is 23.3 Å². The fourth-order valence-corrected chi connectivity index (χ4v) is 9.59. The summed E-state index contributed by atoms with van der Waals surface area (Å²) in [5.41, 5.74) is 16.1. The van der Waals surface area contributed by atoms with Crippen LogP contribution in [0.3, 0.4) is 0 Å². The van der Waals surface area contributed by atoms with Crippen LogP contribution in [-0.2, 0) is 5.41 Å². The van der Waals surface area contributed by atoms with E-state index in [4.69, 9.17) is 24.9 Å². The molecule has 0 amide bonds. The Morgan fingerprint density at radius 3 is 1.70 bits per heavy atom. The van der Waals surface area contributed by atoms with Gasteiger partial charge in [0, 0.05) is 33.2 Å². The molecule has 2 heterocycles. The first-order valence-corrected chi connectivity index (χ1v) is 21.3. The SMILES string of the molecule is C1=CCCC(c2nc(-c3ccccc3)nc(-c3cccc(-c4cc(-c5ccc(-c6ccc7c(c6)C6(CCCCC6)c6ccccc6-7)cc5)nc(-c5ccccc5)n4)c3)n2)=C1. The summed E-state index contributed by atoms with van der Waals surface area (Å²) in [7, 11) is 0. The van der Waals surface area contributed by atoms with Crippen molar-refractivity contribution in [2.45, 2.75) is 50.4 Å². The Bertz CT molecular complexity index is 2940. The normalized spacial score (nSPS) is 15.0. The smallest absolute Gasteiger partial charge is 0.164 e. The van der Waals surface area contributed by atoms with Gasteiger partial charge in [-0.15, -0.1) is 0 Å². The molecule has 0 radical (unpaired) electrons. The van der Waals surface area contributed by atoms with Crippen molar-refractivity contribution in [3.05, 3.63) is 193 Å². The van der Waals surface area contributed by atoms with Crippen molar-refractivity contribution >= 4 is 5.57 Å². The summed E-state index contributed by atoms with van der Waals surface area (Å²) < 4.78 is 0. The first kappa shape index (κ1) is 36.0. The fourth-order valence-electron chi connectivity index (χ4n) is 9.59. The first-order chi connectivity index (χ1) is 29.7. The predicted octanol–water partition coefficient (Wildman–Crippen LogP) is 13.6. The number of fused-ring (bicyclic) bond motifs is 5. The Morgan fingerprint density at radius 1 is 0.383 bits per heavy atom. The Labute approximate surface area is 351 Å². The lowest BCUT2D eigenvalue weighted by Gasteiger charge is -2.36. The molecule has 11 rings (SSSR count). The maximum Gasteiger partial charge on any atom is 0.164 e. The van der Waals surface area contributed by atoms with Gasteiger partial charge in [0.2, 0.25) is 0 Å². The van der Waals surface area contributed by atoms with Gasteiger partial charge < -0.3 is 0 Å². The van der Waals surface area contributed by atoms with E-state index in [-0.39, 0.29) is 5.41 Å². The number of nitrogens with zero attached hydrogens (tertiary/aromatic N) is 5. The van der Waals surface area contributed by atoms with Gasteiger partial charge in [-0.2, -0.15) is 0 Å². The van der Waals surface area contributed by atoms with E-state index in [9.17, 15) is 0 Å². The molecule has 2 aromatic heterocycles. The number of hydrogen-bond acceptors (Lipinski definition) is 5. The Hall–Kier alpha value is -7.11. The van der Waals surface area contributed by atoms with Crippen molar-refractivity contribution in [2.75, 3.05) is 0 Å². The first-order valence-electron chi connectivity index (χ1n) is 21.3. The number of rotatable bonds is 7. The van der Waals surface area contributed by atoms with Crippen molar-refractivity contribution in [3.8, 4) is 78.9 Å². The highest BCUT2D eigenvalue weighted by atomic mass is 15.0. The summed E-state index contributed by atoms with van der Waals surface area (Å²) in [5, 5.41) is 0. The van der Waals surface area contributed by atoms with Gasteiger partial charge in [0.1, 0.15) is 0 Å². The zero-order valence-electron chi connectivity index (χ0n) is 33.4. The summed E-state index contributed by atoms with van der Waals surface area (Å²) in [6.07, 6.45) is 14.6. The van der Waals surface area contributed by atoms with Crippen LogP contribution < -0.4 is 0 Å². The molecule has 0 saturated heterocycles. The summed E-state index contributed by atoms with van der Waals surface area (Å²) in [6, 6.07) is 56.0. The number of aromatic nitrogens is 5. The second-order valence-electron chi connectivity index (χ2n) is 16.3. The Balaban J connectivity index is 0.969. The minimum Gasteiger partial charge on any atom is -0.228 e. The molecule has 5 nitrogen and oxygen atoms in total. The lowest BCUT2D eigenvalue weighted by molar-refractivity contribution is 0.353. The molecule has 1 spiro atoms. The van der Waals surface area contributed by atoms with Crippen LogP contribution in [0.4, 0.5) is 0 Å². The van der Waals surface area contributed by atoms with E-state index < -0.39 is 0 Å². The van der Waals surface area contributed by atoms with Gasteiger partial charge in [-0.05, 0) is 82.8 Å². The van der Waals surface area contributed by atoms with Gasteiger partial charge in [0.25, 0.3) is 0 Å². The zero-order valence-corrected chi connectivity index (χ0v) is 33.4. The maximum atomic E-state index is 5.17. The lowest BCUT2D eigenvalue weighted by atomic mass is 9.67. The third-order valence-corrected chi connectivity index (χ3v) is 12.6. The summed E-state index contributed by atoms with van der Waals surface area (Å²) in [5.74, 6) is 2.69. The van der Waals surface area contributed by atoms with E-state index in [0.717, 1.165) is 57.6 Å². The van der Waals surface area contributed by atoms with Crippen LogP contribution in [0.1, 0.15) is 61.9 Å². The average molecular weight is 774 g/mol. The largest absolute Gasteiger partial charge is 0.228 e. The maximum absolute atomic E-state index is 5.17. The minimum atomic E-state index is 0.128. The van der Waals surface area contributed by atoms with Crippen LogP contribution in [0.5, 0.6) is 0 Å². The predicted molar refractivity (Wildman–Crippen MR) is 244 cm³/mol. The quantitative estimate of drug-likeness (QED) is 0.161. The minimum absolute atomic E-state index is 0.128. The summed E-state index contributed by atoms with van der Waals surface area (Å²) in [6.45, 7) is 0. The van der Waals surface area contributed by atoms with Crippen LogP contribution in [0.2, 0.25) is 0 Å². The highest BCUT2D eigenvalue weighted by Crippen LogP contribution is 2.56. The van der Waals surface area contributed by atoms with Crippen LogP contribution >= 0.6 is 0 Å². The molecule has 3 aliphatic rings. The monoisotopic (exact) mass is 773 g/mol. The molecule has 60 heavy (non-hydrogen) atoms. The number of hydrogen-bond donors (Lipinski definition) is 0. The van der Waals surface area contributed by atoms with Crippen molar-refractivity contribution in [1.29, 1.82) is 0 Å². The van der Waals surface area contributed by atoms with Crippen LogP contribution in [0.15, 0.2) is 176 Å². The molecule has 0 N–H and O–H groups in total. The third-order valence-electron chi connectivity index (χ3n) is 12.6. The topological polar surface area (TPSA) is 64.5 Å². The van der Waals surface area contributed by atoms with Crippen molar-refractivity contribution < 1.29 is 0 Å². The molecule has 1 saturated carbocycles. The second-order valence-corrected chi connectivity index (χ2v) is 16.3. The van der Waals surface area contributed by atoms with E-state index in [1.165, 1.54) is 65.5 Å². The molecule has 3 aliphatic carbocycles. The van der Waals surface area contributed by atoms with Gasteiger partial charge in [-0.1, -0.05) is 177 Å². The Kier molecular flexibility index (Phi) is 9.15. The molecule has 0 unspecified atom stereocenters. The van der Waals surface area contributed by atoms with E-state index in [0.29, 0.717) is 23.3 Å². The highest BCUT2D eigenvalue weighted by Gasteiger charge is 2.43.